The maximum absolute atomic E-state index is 12.4. The number of hydrogen-bond acceptors (Lipinski definition) is 5. The molecule has 132 valence electrons. The van der Waals surface area contributed by atoms with E-state index >= 15 is 0 Å². The highest BCUT2D eigenvalue weighted by molar-refractivity contribution is 5.92. The number of carbonyl (C=O) groups excluding carboxylic acids is 1. The van der Waals surface area contributed by atoms with E-state index in [-0.39, 0.29) is 12.0 Å². The van der Waals surface area contributed by atoms with Crippen LogP contribution in [0.25, 0.3) is 0 Å². The number of nitrogens with zero attached hydrogens (tertiary/aromatic N) is 1. The number of morpholine rings is 1. The average molecular weight is 334 g/mol. The first-order valence-electron chi connectivity index (χ1n) is 8.71. The average Bonchev–Trinajstić information content (AvgIpc) is 2.80. The van der Waals surface area contributed by atoms with Gasteiger partial charge in [-0.2, -0.15) is 0 Å². The fraction of sp³-hybridized carbons (Fsp3) is 0.611. The third-order valence-electron chi connectivity index (χ3n) is 4.43. The minimum Gasteiger partial charge on any atom is -0.490 e. The molecule has 1 amide bonds. The molecule has 6 nitrogen and oxygen atoms in total. The van der Waals surface area contributed by atoms with Crippen LogP contribution in [0, 0.1) is 0 Å². The summed E-state index contributed by atoms with van der Waals surface area (Å²) in [5.74, 6) is 1.41. The van der Waals surface area contributed by atoms with Crippen LogP contribution in [-0.4, -0.2) is 55.9 Å². The van der Waals surface area contributed by atoms with Gasteiger partial charge >= 0.3 is 0 Å². The highest BCUT2D eigenvalue weighted by atomic mass is 16.5. The molecule has 1 fully saturated rings. The van der Waals surface area contributed by atoms with E-state index < -0.39 is 0 Å². The largest absolute Gasteiger partial charge is 0.490 e. The number of amides is 1. The Balaban J connectivity index is 1.61. The van der Waals surface area contributed by atoms with Crippen LogP contribution in [0.4, 0.5) is 5.69 Å². The van der Waals surface area contributed by atoms with E-state index in [2.05, 4.69) is 17.1 Å². The number of carbonyl (C=O) groups is 1. The van der Waals surface area contributed by atoms with E-state index in [1.54, 1.807) is 0 Å². The molecule has 2 heterocycles. The van der Waals surface area contributed by atoms with Crippen LogP contribution < -0.4 is 14.8 Å². The maximum Gasteiger partial charge on any atom is 0.238 e. The molecule has 0 spiro atoms. The number of hydrogen-bond donors (Lipinski definition) is 1. The van der Waals surface area contributed by atoms with Gasteiger partial charge in [-0.3, -0.25) is 9.69 Å². The first-order chi connectivity index (χ1) is 11.7. The first-order valence-corrected chi connectivity index (χ1v) is 8.71. The zero-order valence-corrected chi connectivity index (χ0v) is 14.4. The summed E-state index contributed by atoms with van der Waals surface area (Å²) in [6.07, 6.45) is 2.01. The Kier molecular flexibility index (Phi) is 5.58. The molecule has 6 heteroatoms. The molecule has 3 rings (SSSR count). The van der Waals surface area contributed by atoms with Crippen LogP contribution in [0.3, 0.4) is 0 Å². The van der Waals surface area contributed by atoms with Gasteiger partial charge in [-0.05, 0) is 25.5 Å². The molecule has 2 aliphatic rings. The Morgan fingerprint density at radius 3 is 2.88 bits per heavy atom. The van der Waals surface area contributed by atoms with Gasteiger partial charge in [0.25, 0.3) is 0 Å². The topological polar surface area (TPSA) is 60.0 Å². The number of fused-ring (bicyclic) bond motifs is 1. The van der Waals surface area contributed by atoms with Gasteiger partial charge in [0.05, 0.1) is 32.5 Å². The van der Waals surface area contributed by atoms with E-state index in [4.69, 9.17) is 14.2 Å². The summed E-state index contributed by atoms with van der Waals surface area (Å²) in [6.45, 7) is 7.31. The predicted molar refractivity (Wildman–Crippen MR) is 91.7 cm³/mol. The third-order valence-corrected chi connectivity index (χ3v) is 4.43. The lowest BCUT2D eigenvalue weighted by atomic mass is 10.1. The fourth-order valence-electron chi connectivity index (χ4n) is 3.11. The van der Waals surface area contributed by atoms with Crippen LogP contribution >= 0.6 is 0 Å². The quantitative estimate of drug-likeness (QED) is 0.915. The molecule has 0 radical (unpaired) electrons. The monoisotopic (exact) mass is 334 g/mol. The van der Waals surface area contributed by atoms with E-state index in [1.165, 1.54) is 0 Å². The summed E-state index contributed by atoms with van der Waals surface area (Å²) >= 11 is 0. The number of ether oxygens (including phenoxy) is 3. The van der Waals surface area contributed by atoms with E-state index in [1.807, 2.05) is 25.1 Å². The van der Waals surface area contributed by atoms with Crippen LogP contribution in [0.2, 0.25) is 0 Å². The molecule has 1 saturated heterocycles. The number of rotatable bonds is 4. The van der Waals surface area contributed by atoms with Crippen molar-refractivity contribution in [1.29, 1.82) is 0 Å². The van der Waals surface area contributed by atoms with Gasteiger partial charge in [-0.25, -0.2) is 0 Å². The summed E-state index contributed by atoms with van der Waals surface area (Å²) in [4.78, 5) is 14.6. The van der Waals surface area contributed by atoms with Crippen LogP contribution in [0.5, 0.6) is 11.5 Å². The molecule has 0 unspecified atom stereocenters. The third kappa shape index (κ3) is 4.19. The van der Waals surface area contributed by atoms with E-state index in [0.29, 0.717) is 38.2 Å². The van der Waals surface area contributed by atoms with Gasteiger partial charge in [0.1, 0.15) is 0 Å². The van der Waals surface area contributed by atoms with Gasteiger partial charge < -0.3 is 19.5 Å². The highest BCUT2D eigenvalue weighted by Gasteiger charge is 2.27. The Morgan fingerprint density at radius 1 is 1.29 bits per heavy atom. The first kappa shape index (κ1) is 17.0. The second kappa shape index (κ2) is 7.85. The summed E-state index contributed by atoms with van der Waals surface area (Å²) in [5, 5.41) is 2.96. The lowest BCUT2D eigenvalue weighted by Gasteiger charge is -2.37. The van der Waals surface area contributed by atoms with E-state index in [9.17, 15) is 4.79 Å². The van der Waals surface area contributed by atoms with Crippen LogP contribution in [-0.2, 0) is 9.53 Å². The molecule has 0 saturated carbocycles. The zero-order valence-electron chi connectivity index (χ0n) is 14.4. The normalized spacial score (nSPS) is 24.2. The molecule has 2 aliphatic heterocycles. The van der Waals surface area contributed by atoms with Crippen molar-refractivity contribution in [3.63, 3.8) is 0 Å². The number of nitrogens with one attached hydrogen (secondary N) is 1. The maximum atomic E-state index is 12.4. The number of benzene rings is 1. The molecule has 0 aliphatic carbocycles. The van der Waals surface area contributed by atoms with Gasteiger partial charge in [0, 0.05) is 30.8 Å². The van der Waals surface area contributed by atoms with Crippen molar-refractivity contribution in [2.75, 3.05) is 38.2 Å². The molecule has 24 heavy (non-hydrogen) atoms. The molecule has 1 N–H and O–H groups in total. The molecular weight excluding hydrogens is 308 g/mol. The van der Waals surface area contributed by atoms with Gasteiger partial charge in [-0.1, -0.05) is 6.92 Å². The highest BCUT2D eigenvalue weighted by Crippen LogP contribution is 2.32. The molecule has 0 bridgehead atoms. The molecule has 0 aromatic heterocycles. The summed E-state index contributed by atoms with van der Waals surface area (Å²) < 4.78 is 17.0. The second-order valence-corrected chi connectivity index (χ2v) is 6.40. The Hall–Kier alpha value is -1.79. The second-order valence-electron chi connectivity index (χ2n) is 6.40. The molecule has 1 aromatic rings. The summed E-state index contributed by atoms with van der Waals surface area (Å²) in [6, 6.07) is 5.83. The van der Waals surface area contributed by atoms with Gasteiger partial charge in [0.15, 0.2) is 11.5 Å². The number of anilines is 1. The summed E-state index contributed by atoms with van der Waals surface area (Å²) in [5.41, 5.74) is 0.735. The smallest absolute Gasteiger partial charge is 0.238 e. The van der Waals surface area contributed by atoms with Crippen molar-refractivity contribution in [1.82, 2.24) is 4.90 Å². The predicted octanol–water partition coefficient (Wildman–Crippen LogP) is 2.29. The van der Waals surface area contributed by atoms with Crippen molar-refractivity contribution >= 4 is 11.6 Å². The Labute approximate surface area is 143 Å². The lowest BCUT2D eigenvalue weighted by Crippen LogP contribution is -2.51. The molecular formula is C18H26N2O4. The Bertz CT molecular complexity index is 578. The van der Waals surface area contributed by atoms with Gasteiger partial charge in [0.2, 0.25) is 5.91 Å². The zero-order chi connectivity index (χ0) is 16.9. The minimum atomic E-state index is -0.0166. The van der Waals surface area contributed by atoms with E-state index in [0.717, 1.165) is 30.8 Å². The molecule has 2 atom stereocenters. The molecule has 1 aromatic carbocycles. The lowest BCUT2D eigenvalue weighted by molar-refractivity contribution is -0.121. The standard InChI is InChI=1S/C18H26N2O4/c1-3-15-12-24-13(2)10-20(15)11-18(21)19-14-5-6-16-17(9-14)23-8-4-7-22-16/h5-6,9,13,15H,3-4,7-8,10-12H2,1-2H3,(H,19,21)/t13-,15+/m0/s1. The SMILES string of the molecule is CC[C@@H]1CO[C@@H](C)CN1CC(=O)Nc1ccc2c(c1)OCCCO2. The summed E-state index contributed by atoms with van der Waals surface area (Å²) in [7, 11) is 0. The Morgan fingerprint density at radius 2 is 2.08 bits per heavy atom. The van der Waals surface area contributed by atoms with Crippen LogP contribution in [0.15, 0.2) is 18.2 Å². The van der Waals surface area contributed by atoms with Crippen molar-refractivity contribution in [2.24, 2.45) is 0 Å². The van der Waals surface area contributed by atoms with Crippen molar-refractivity contribution in [2.45, 2.75) is 38.8 Å². The van der Waals surface area contributed by atoms with Crippen molar-refractivity contribution < 1.29 is 19.0 Å². The van der Waals surface area contributed by atoms with Gasteiger partial charge in [-0.15, -0.1) is 0 Å². The van der Waals surface area contributed by atoms with Crippen molar-refractivity contribution in [3.05, 3.63) is 18.2 Å². The van der Waals surface area contributed by atoms with Crippen LogP contribution in [0.1, 0.15) is 26.7 Å². The minimum absolute atomic E-state index is 0.0166. The fourth-order valence-corrected chi connectivity index (χ4v) is 3.11. The van der Waals surface area contributed by atoms with Crippen molar-refractivity contribution in [3.8, 4) is 11.5 Å².